The number of aryl methyl sites for hydroxylation is 1. The van der Waals surface area contributed by atoms with Crippen LogP contribution in [0.15, 0.2) is 18.2 Å². The maximum atomic E-state index is 13.0. The Morgan fingerprint density at radius 1 is 1.56 bits per heavy atom. The summed E-state index contributed by atoms with van der Waals surface area (Å²) in [6, 6.07) is 6.14. The molecule has 0 saturated heterocycles. The summed E-state index contributed by atoms with van der Waals surface area (Å²) in [6.45, 7) is 1.98. The predicted molar refractivity (Wildman–Crippen MR) is 64.5 cm³/mol. The van der Waals surface area contributed by atoms with Crippen LogP contribution >= 0.6 is 0 Å². The second-order valence-corrected chi connectivity index (χ2v) is 3.92. The van der Waals surface area contributed by atoms with Crippen molar-refractivity contribution in [2.24, 2.45) is 0 Å². The van der Waals surface area contributed by atoms with Crippen molar-refractivity contribution >= 4 is 5.91 Å². The monoisotopic (exact) mass is 250 g/mol. The van der Waals surface area contributed by atoms with Crippen LogP contribution < -0.4 is 4.74 Å². The number of nitrogens with zero attached hydrogens (tertiary/aromatic N) is 2. The number of likely N-dealkylation sites (N-methyl/N-ethyl adjacent to an activating group) is 1. The molecule has 0 N–H and O–H groups in total. The molecule has 96 valence electrons. The van der Waals surface area contributed by atoms with Crippen LogP contribution in [0.5, 0.6) is 5.75 Å². The first-order chi connectivity index (χ1) is 8.54. The van der Waals surface area contributed by atoms with Gasteiger partial charge in [0.2, 0.25) is 0 Å². The van der Waals surface area contributed by atoms with E-state index in [4.69, 9.17) is 10.00 Å². The van der Waals surface area contributed by atoms with Crippen LogP contribution in [0.4, 0.5) is 4.39 Å². The van der Waals surface area contributed by atoms with Crippen molar-refractivity contribution in [2.45, 2.75) is 13.3 Å². The van der Waals surface area contributed by atoms with E-state index < -0.39 is 5.82 Å². The normalized spacial score (nSPS) is 9.67. The van der Waals surface area contributed by atoms with Crippen molar-refractivity contribution in [3.63, 3.8) is 0 Å². The second-order valence-electron chi connectivity index (χ2n) is 3.92. The van der Waals surface area contributed by atoms with Crippen LogP contribution in [0.2, 0.25) is 0 Å². The molecular formula is C13H15FN2O2. The third-order valence-corrected chi connectivity index (χ3v) is 2.49. The maximum Gasteiger partial charge on any atom is 0.260 e. The minimum absolute atomic E-state index is 0.160. The first-order valence-corrected chi connectivity index (χ1v) is 5.54. The Balaban J connectivity index is 2.52. The lowest BCUT2D eigenvalue weighted by Gasteiger charge is -2.16. The van der Waals surface area contributed by atoms with E-state index in [1.807, 2.05) is 6.07 Å². The minimum Gasteiger partial charge on any atom is -0.483 e. The number of amides is 1. The van der Waals surface area contributed by atoms with Gasteiger partial charge in [-0.05, 0) is 18.6 Å². The summed E-state index contributed by atoms with van der Waals surface area (Å²) >= 11 is 0. The highest BCUT2D eigenvalue weighted by Crippen LogP contribution is 2.18. The molecule has 0 unspecified atom stereocenters. The number of halogens is 1. The molecule has 0 saturated carbocycles. The number of nitriles is 1. The van der Waals surface area contributed by atoms with Gasteiger partial charge in [0.1, 0.15) is 11.6 Å². The maximum absolute atomic E-state index is 13.0. The molecule has 1 rings (SSSR count). The summed E-state index contributed by atoms with van der Waals surface area (Å²) in [7, 11) is 1.60. The fraction of sp³-hybridized carbons (Fsp3) is 0.385. The largest absolute Gasteiger partial charge is 0.483 e. The van der Waals surface area contributed by atoms with Crippen LogP contribution in [-0.2, 0) is 4.79 Å². The van der Waals surface area contributed by atoms with Gasteiger partial charge in [0.05, 0.1) is 12.5 Å². The summed E-state index contributed by atoms with van der Waals surface area (Å²) in [5.74, 6) is -0.285. The zero-order valence-corrected chi connectivity index (χ0v) is 10.4. The Kier molecular flexibility index (Phi) is 5.12. The van der Waals surface area contributed by atoms with Crippen LogP contribution in [0.25, 0.3) is 0 Å². The Labute approximate surface area is 106 Å². The molecule has 0 radical (unpaired) electrons. The van der Waals surface area contributed by atoms with Gasteiger partial charge in [-0.3, -0.25) is 4.79 Å². The van der Waals surface area contributed by atoms with E-state index in [9.17, 15) is 9.18 Å². The van der Waals surface area contributed by atoms with Gasteiger partial charge in [0.25, 0.3) is 5.91 Å². The zero-order chi connectivity index (χ0) is 13.5. The van der Waals surface area contributed by atoms with Crippen molar-refractivity contribution in [1.82, 2.24) is 4.90 Å². The van der Waals surface area contributed by atoms with Gasteiger partial charge >= 0.3 is 0 Å². The van der Waals surface area contributed by atoms with Crippen LogP contribution in [-0.4, -0.2) is 31.0 Å². The summed E-state index contributed by atoms with van der Waals surface area (Å²) in [5.41, 5.74) is 0.767. The molecule has 1 aromatic rings. The van der Waals surface area contributed by atoms with Gasteiger partial charge in [0.15, 0.2) is 6.61 Å². The van der Waals surface area contributed by atoms with Gasteiger partial charge in [-0.1, -0.05) is 6.07 Å². The molecule has 18 heavy (non-hydrogen) atoms. The molecule has 4 nitrogen and oxygen atoms in total. The van der Waals surface area contributed by atoms with Crippen molar-refractivity contribution in [2.75, 3.05) is 20.2 Å². The summed E-state index contributed by atoms with van der Waals surface area (Å²) in [5, 5.41) is 8.41. The Bertz CT molecular complexity index is 469. The van der Waals surface area contributed by atoms with Crippen molar-refractivity contribution < 1.29 is 13.9 Å². The van der Waals surface area contributed by atoms with Crippen molar-refractivity contribution in [1.29, 1.82) is 5.26 Å². The highest BCUT2D eigenvalue weighted by Gasteiger charge is 2.10. The van der Waals surface area contributed by atoms with E-state index in [0.29, 0.717) is 12.3 Å². The Morgan fingerprint density at radius 3 is 2.94 bits per heavy atom. The third kappa shape index (κ3) is 4.06. The molecular weight excluding hydrogens is 235 g/mol. The van der Waals surface area contributed by atoms with E-state index in [-0.39, 0.29) is 18.9 Å². The molecule has 0 aliphatic rings. The molecule has 0 heterocycles. The minimum atomic E-state index is -0.402. The van der Waals surface area contributed by atoms with Crippen LogP contribution in [0.3, 0.4) is 0 Å². The predicted octanol–water partition coefficient (Wildman–Crippen LogP) is 1.88. The first-order valence-electron chi connectivity index (χ1n) is 5.54. The lowest BCUT2D eigenvalue weighted by molar-refractivity contribution is -0.132. The fourth-order valence-corrected chi connectivity index (χ4v) is 1.32. The van der Waals surface area contributed by atoms with E-state index in [0.717, 1.165) is 5.56 Å². The fourth-order valence-electron chi connectivity index (χ4n) is 1.32. The number of benzene rings is 1. The summed E-state index contributed by atoms with van der Waals surface area (Å²) in [4.78, 5) is 13.0. The number of hydrogen-bond donors (Lipinski definition) is 0. The van der Waals surface area contributed by atoms with Crippen molar-refractivity contribution in [3.8, 4) is 11.8 Å². The summed E-state index contributed by atoms with van der Waals surface area (Å²) < 4.78 is 18.3. The topological polar surface area (TPSA) is 53.3 Å². The molecule has 0 atom stereocenters. The molecule has 0 spiro atoms. The number of rotatable bonds is 5. The molecule has 0 fully saturated rings. The van der Waals surface area contributed by atoms with E-state index >= 15 is 0 Å². The molecule has 0 aliphatic heterocycles. The first kappa shape index (κ1) is 14.0. The van der Waals surface area contributed by atoms with Crippen molar-refractivity contribution in [3.05, 3.63) is 29.6 Å². The van der Waals surface area contributed by atoms with Gasteiger partial charge in [0, 0.05) is 19.7 Å². The number of ether oxygens (including phenoxy) is 1. The Hall–Kier alpha value is -2.09. The number of carbonyl (C=O) groups is 1. The van der Waals surface area contributed by atoms with Crippen LogP contribution in [0, 0.1) is 24.1 Å². The molecule has 0 bridgehead atoms. The van der Waals surface area contributed by atoms with Gasteiger partial charge < -0.3 is 9.64 Å². The molecule has 0 aliphatic carbocycles. The van der Waals surface area contributed by atoms with E-state index in [2.05, 4.69) is 0 Å². The highest BCUT2D eigenvalue weighted by molar-refractivity contribution is 5.77. The number of carbonyl (C=O) groups excluding carboxylic acids is 1. The van der Waals surface area contributed by atoms with Gasteiger partial charge in [-0.25, -0.2) is 4.39 Å². The van der Waals surface area contributed by atoms with Crippen LogP contribution in [0.1, 0.15) is 12.0 Å². The smallest absolute Gasteiger partial charge is 0.260 e. The lowest BCUT2D eigenvalue weighted by atomic mass is 10.2. The highest BCUT2D eigenvalue weighted by atomic mass is 19.1. The quantitative estimate of drug-likeness (QED) is 0.801. The molecule has 0 aromatic heterocycles. The lowest BCUT2D eigenvalue weighted by Crippen LogP contribution is -2.32. The standard InChI is InChI=1S/C13H15FN2O2/c1-10-4-5-11(14)8-12(10)18-9-13(17)16(2)7-3-6-15/h4-5,8H,3,7,9H2,1-2H3. The molecule has 1 amide bonds. The van der Waals surface area contributed by atoms with E-state index in [1.165, 1.54) is 17.0 Å². The van der Waals surface area contributed by atoms with Gasteiger partial charge in [-0.15, -0.1) is 0 Å². The average molecular weight is 250 g/mol. The second kappa shape index (κ2) is 6.60. The Morgan fingerprint density at radius 2 is 2.28 bits per heavy atom. The molecule has 5 heteroatoms. The zero-order valence-electron chi connectivity index (χ0n) is 10.4. The SMILES string of the molecule is Cc1ccc(F)cc1OCC(=O)N(C)CCC#N. The summed E-state index contributed by atoms with van der Waals surface area (Å²) in [6.07, 6.45) is 0.279. The molecule has 1 aromatic carbocycles. The van der Waals surface area contributed by atoms with E-state index in [1.54, 1.807) is 20.0 Å². The average Bonchev–Trinajstić information content (AvgIpc) is 2.36. The van der Waals surface area contributed by atoms with Gasteiger partial charge in [-0.2, -0.15) is 5.26 Å². The third-order valence-electron chi connectivity index (χ3n) is 2.49. The number of hydrogen-bond acceptors (Lipinski definition) is 3.